The average Bonchev–Trinajstić information content (AvgIpc) is 2.10. The summed E-state index contributed by atoms with van der Waals surface area (Å²) in [5, 5.41) is 21.2. The Bertz CT molecular complexity index is 240. The Balaban J connectivity index is 4.09. The van der Waals surface area contributed by atoms with Gasteiger partial charge in [-0.3, -0.25) is 4.79 Å². The van der Waals surface area contributed by atoms with Crippen LogP contribution in [0.25, 0.3) is 0 Å². The fourth-order valence-electron chi connectivity index (χ4n) is 0.756. The maximum Gasteiger partial charge on any atom is 0.326 e. The summed E-state index contributed by atoms with van der Waals surface area (Å²) in [5.74, 6) is -2.36. The molecule has 0 aromatic rings. The second-order valence-corrected chi connectivity index (χ2v) is 2.55. The van der Waals surface area contributed by atoms with Gasteiger partial charge in [-0.05, 0) is 6.42 Å². The minimum Gasteiger partial charge on any atom is -0.481 e. The monoisotopic (exact) mass is 204 g/mol. The van der Waals surface area contributed by atoms with E-state index in [0.717, 1.165) is 0 Å². The molecule has 0 aromatic carbocycles. The quantitative estimate of drug-likeness (QED) is 0.469. The molecular formula is C7H12N2O5. The minimum absolute atomic E-state index is 0.141. The summed E-state index contributed by atoms with van der Waals surface area (Å²) >= 11 is 0. The van der Waals surface area contributed by atoms with Crippen LogP contribution in [0.2, 0.25) is 0 Å². The van der Waals surface area contributed by atoms with E-state index in [1.165, 1.54) is 7.05 Å². The fraction of sp³-hybridized carbons (Fsp3) is 0.571. The van der Waals surface area contributed by atoms with Crippen LogP contribution in [0.4, 0.5) is 4.79 Å². The highest BCUT2D eigenvalue weighted by molar-refractivity contribution is 5.82. The molecule has 2 amide bonds. The van der Waals surface area contributed by atoms with E-state index in [1.54, 1.807) is 0 Å². The van der Waals surface area contributed by atoms with Crippen LogP contribution in [-0.4, -0.2) is 41.3 Å². The SMILES string of the molecule is CNC(=O)N[C@@H](CCC(=O)O)C(=O)O. The summed E-state index contributed by atoms with van der Waals surface area (Å²) in [6.07, 6.45) is -0.445. The Labute approximate surface area is 80.1 Å². The van der Waals surface area contributed by atoms with Gasteiger partial charge in [-0.15, -0.1) is 0 Å². The standard InChI is InChI=1S/C7H12N2O5/c1-8-7(14)9-4(6(12)13)2-3-5(10)11/h4H,2-3H2,1H3,(H,10,11)(H,12,13)(H2,8,9,14)/t4-/m0/s1. The van der Waals surface area contributed by atoms with Gasteiger partial charge < -0.3 is 20.8 Å². The molecule has 0 rings (SSSR count). The van der Waals surface area contributed by atoms with Gasteiger partial charge in [-0.2, -0.15) is 0 Å². The topological polar surface area (TPSA) is 116 Å². The van der Waals surface area contributed by atoms with E-state index in [4.69, 9.17) is 10.2 Å². The third-order valence-corrected chi connectivity index (χ3v) is 1.48. The van der Waals surface area contributed by atoms with E-state index in [2.05, 4.69) is 10.6 Å². The number of carbonyl (C=O) groups is 3. The third kappa shape index (κ3) is 4.96. The van der Waals surface area contributed by atoms with Crippen LogP contribution in [0.5, 0.6) is 0 Å². The molecular weight excluding hydrogens is 192 g/mol. The average molecular weight is 204 g/mol. The summed E-state index contributed by atoms with van der Waals surface area (Å²) in [6.45, 7) is 0. The molecule has 0 aliphatic rings. The second kappa shape index (κ2) is 5.79. The van der Waals surface area contributed by atoms with E-state index in [1.807, 2.05) is 0 Å². The lowest BCUT2D eigenvalue weighted by Gasteiger charge is -2.12. The van der Waals surface area contributed by atoms with Gasteiger partial charge in [-0.25, -0.2) is 9.59 Å². The van der Waals surface area contributed by atoms with Crippen molar-refractivity contribution in [1.29, 1.82) is 0 Å². The van der Waals surface area contributed by atoms with Crippen LogP contribution < -0.4 is 10.6 Å². The predicted molar refractivity (Wildman–Crippen MR) is 45.9 cm³/mol. The third-order valence-electron chi connectivity index (χ3n) is 1.48. The van der Waals surface area contributed by atoms with Crippen molar-refractivity contribution in [3.05, 3.63) is 0 Å². The Morgan fingerprint density at radius 3 is 2.21 bits per heavy atom. The van der Waals surface area contributed by atoms with Crippen molar-refractivity contribution >= 4 is 18.0 Å². The van der Waals surface area contributed by atoms with Crippen molar-refractivity contribution in [2.24, 2.45) is 0 Å². The lowest BCUT2D eigenvalue weighted by atomic mass is 10.1. The molecule has 0 unspecified atom stereocenters. The molecule has 0 radical (unpaired) electrons. The first-order valence-corrected chi connectivity index (χ1v) is 3.90. The Kier molecular flexibility index (Phi) is 5.05. The van der Waals surface area contributed by atoms with Crippen LogP contribution in [0, 0.1) is 0 Å². The molecule has 0 aliphatic carbocycles. The maximum atomic E-state index is 10.7. The molecule has 1 atom stereocenters. The van der Waals surface area contributed by atoms with Crippen LogP contribution in [0.1, 0.15) is 12.8 Å². The molecule has 14 heavy (non-hydrogen) atoms. The second-order valence-electron chi connectivity index (χ2n) is 2.55. The van der Waals surface area contributed by atoms with Gasteiger partial charge in [0.15, 0.2) is 0 Å². The van der Waals surface area contributed by atoms with E-state index in [9.17, 15) is 14.4 Å². The zero-order chi connectivity index (χ0) is 11.1. The number of carboxylic acid groups (broad SMARTS) is 2. The summed E-state index contributed by atoms with van der Waals surface area (Å²) in [7, 11) is 1.34. The smallest absolute Gasteiger partial charge is 0.326 e. The largest absolute Gasteiger partial charge is 0.481 e. The summed E-state index contributed by atoms with van der Waals surface area (Å²) in [6, 6.07) is -1.83. The first-order valence-electron chi connectivity index (χ1n) is 3.90. The Hall–Kier alpha value is -1.79. The van der Waals surface area contributed by atoms with E-state index >= 15 is 0 Å². The van der Waals surface area contributed by atoms with Gasteiger partial charge >= 0.3 is 18.0 Å². The van der Waals surface area contributed by atoms with Gasteiger partial charge in [0.05, 0.1) is 0 Å². The molecule has 4 N–H and O–H groups in total. The van der Waals surface area contributed by atoms with Crippen molar-refractivity contribution in [1.82, 2.24) is 10.6 Å². The van der Waals surface area contributed by atoms with Crippen molar-refractivity contribution in [3.63, 3.8) is 0 Å². The lowest BCUT2D eigenvalue weighted by Crippen LogP contribution is -2.45. The summed E-state index contributed by atoms with van der Waals surface area (Å²) in [4.78, 5) is 31.4. The molecule has 0 spiro atoms. The number of nitrogens with one attached hydrogen (secondary N) is 2. The Morgan fingerprint density at radius 2 is 1.86 bits per heavy atom. The summed E-state index contributed by atoms with van der Waals surface area (Å²) < 4.78 is 0. The van der Waals surface area contributed by atoms with Crippen molar-refractivity contribution in [2.75, 3.05) is 7.05 Å². The normalized spacial score (nSPS) is 11.5. The van der Waals surface area contributed by atoms with Crippen molar-refractivity contribution in [2.45, 2.75) is 18.9 Å². The lowest BCUT2D eigenvalue weighted by molar-refractivity contribution is -0.140. The number of carboxylic acids is 2. The van der Waals surface area contributed by atoms with Gasteiger partial charge in [0.25, 0.3) is 0 Å². The molecule has 0 bridgehead atoms. The Morgan fingerprint density at radius 1 is 1.29 bits per heavy atom. The van der Waals surface area contributed by atoms with Crippen molar-refractivity contribution < 1.29 is 24.6 Å². The van der Waals surface area contributed by atoms with E-state index < -0.39 is 24.0 Å². The summed E-state index contributed by atoms with van der Waals surface area (Å²) in [5.41, 5.74) is 0. The van der Waals surface area contributed by atoms with E-state index in [0.29, 0.717) is 0 Å². The van der Waals surface area contributed by atoms with E-state index in [-0.39, 0.29) is 12.8 Å². The van der Waals surface area contributed by atoms with Crippen LogP contribution in [0.15, 0.2) is 0 Å². The number of rotatable bonds is 5. The molecule has 0 fully saturated rings. The molecule has 0 saturated carbocycles. The number of aliphatic carboxylic acids is 2. The van der Waals surface area contributed by atoms with Gasteiger partial charge in [0.1, 0.15) is 6.04 Å². The van der Waals surface area contributed by atoms with Crippen LogP contribution in [-0.2, 0) is 9.59 Å². The molecule has 0 aliphatic heterocycles. The first kappa shape index (κ1) is 12.2. The fourth-order valence-corrected chi connectivity index (χ4v) is 0.756. The number of urea groups is 1. The highest BCUT2D eigenvalue weighted by Gasteiger charge is 2.19. The van der Waals surface area contributed by atoms with Gasteiger partial charge in [0.2, 0.25) is 0 Å². The number of carbonyl (C=O) groups excluding carboxylic acids is 1. The number of hydrogen-bond acceptors (Lipinski definition) is 3. The molecule has 80 valence electrons. The van der Waals surface area contributed by atoms with Crippen LogP contribution >= 0.6 is 0 Å². The zero-order valence-corrected chi connectivity index (χ0v) is 7.61. The predicted octanol–water partition coefficient (Wildman–Crippen LogP) is -0.767. The molecule has 0 aromatic heterocycles. The minimum atomic E-state index is -1.25. The van der Waals surface area contributed by atoms with Gasteiger partial charge in [0, 0.05) is 13.5 Å². The maximum absolute atomic E-state index is 10.7. The molecule has 7 heteroatoms. The van der Waals surface area contributed by atoms with Crippen LogP contribution in [0.3, 0.4) is 0 Å². The first-order chi connectivity index (χ1) is 6.47. The van der Waals surface area contributed by atoms with Crippen molar-refractivity contribution in [3.8, 4) is 0 Å². The number of amides is 2. The molecule has 7 nitrogen and oxygen atoms in total. The molecule has 0 saturated heterocycles. The number of hydrogen-bond donors (Lipinski definition) is 4. The molecule has 0 heterocycles. The zero-order valence-electron chi connectivity index (χ0n) is 7.61. The highest BCUT2D eigenvalue weighted by atomic mass is 16.4. The highest BCUT2D eigenvalue weighted by Crippen LogP contribution is 1.97. The van der Waals surface area contributed by atoms with Gasteiger partial charge in [-0.1, -0.05) is 0 Å².